The van der Waals surface area contributed by atoms with Crippen LogP contribution in [0.5, 0.6) is 0 Å². The number of hydrogen-bond acceptors (Lipinski definition) is 5. The summed E-state index contributed by atoms with van der Waals surface area (Å²) in [6.45, 7) is 0. The van der Waals surface area contributed by atoms with Gasteiger partial charge in [-0.3, -0.25) is 4.21 Å². The normalized spacial score (nSPS) is 13.6. The second kappa shape index (κ2) is 2.01. The van der Waals surface area contributed by atoms with Gasteiger partial charge in [0, 0.05) is 11.1 Å². The number of nitrogens with zero attached hydrogens (tertiary/aromatic N) is 2. The molecule has 1 unspecified atom stereocenters. The lowest BCUT2D eigenvalue weighted by Crippen LogP contribution is -1.86. The van der Waals surface area contributed by atoms with Gasteiger partial charge in [-0.1, -0.05) is 5.16 Å². The number of aromatic nitrogens is 2. The van der Waals surface area contributed by atoms with Crippen molar-refractivity contribution in [3.05, 3.63) is 6.20 Å². The molecule has 5 nitrogen and oxygen atoms in total. The van der Waals surface area contributed by atoms with Crippen LogP contribution in [0.3, 0.4) is 0 Å². The maximum atomic E-state index is 9.90. The lowest BCUT2D eigenvalue weighted by Gasteiger charge is -1.92. The summed E-state index contributed by atoms with van der Waals surface area (Å²) in [5.41, 5.74) is 0. The Morgan fingerprint density at radius 2 is 2.62 bits per heavy atom. The SMILES string of the molecule is O=S([O-])c1cnon1. The van der Waals surface area contributed by atoms with Gasteiger partial charge in [-0.15, -0.1) is 0 Å². The van der Waals surface area contributed by atoms with Gasteiger partial charge in [0.05, 0.1) is 0 Å². The van der Waals surface area contributed by atoms with E-state index < -0.39 is 11.1 Å². The summed E-state index contributed by atoms with van der Waals surface area (Å²) in [5.74, 6) is 0. The Morgan fingerprint density at radius 3 is 2.88 bits per heavy atom. The summed E-state index contributed by atoms with van der Waals surface area (Å²) >= 11 is -2.32. The molecular formula is C2HN2O3S-. The minimum Gasteiger partial charge on any atom is -0.767 e. The molecule has 1 heterocycles. The summed E-state index contributed by atoms with van der Waals surface area (Å²) in [4.78, 5) is 0. The molecule has 0 aromatic carbocycles. The highest BCUT2D eigenvalue weighted by molar-refractivity contribution is 7.79. The first kappa shape index (κ1) is 5.39. The van der Waals surface area contributed by atoms with E-state index in [2.05, 4.69) is 14.9 Å². The topological polar surface area (TPSA) is 79.0 Å². The Morgan fingerprint density at radius 1 is 1.88 bits per heavy atom. The van der Waals surface area contributed by atoms with E-state index >= 15 is 0 Å². The van der Waals surface area contributed by atoms with Crippen LogP contribution in [0.4, 0.5) is 0 Å². The maximum absolute atomic E-state index is 9.90. The maximum Gasteiger partial charge on any atom is 0.177 e. The molecule has 1 aromatic rings. The standard InChI is InChI=1S/C2H2N2O3S/c5-8(6)2-1-3-7-4-2/h1H,(H,5,6)/p-1. The molecule has 6 heteroatoms. The van der Waals surface area contributed by atoms with E-state index in [1.54, 1.807) is 0 Å². The Bertz CT molecular complexity index is 183. The highest BCUT2D eigenvalue weighted by Gasteiger charge is 1.93. The van der Waals surface area contributed by atoms with E-state index in [0.717, 1.165) is 6.20 Å². The molecule has 0 aliphatic heterocycles. The molecule has 1 rings (SSSR count). The molecule has 0 amide bonds. The van der Waals surface area contributed by atoms with Gasteiger partial charge in [-0.2, -0.15) is 0 Å². The molecule has 0 saturated carbocycles. The Balaban J connectivity index is 2.93. The van der Waals surface area contributed by atoms with Gasteiger partial charge in [0.25, 0.3) is 0 Å². The van der Waals surface area contributed by atoms with E-state index in [9.17, 15) is 8.76 Å². The Hall–Kier alpha value is -0.750. The quantitative estimate of drug-likeness (QED) is 0.473. The van der Waals surface area contributed by atoms with Crippen molar-refractivity contribution in [1.29, 1.82) is 0 Å². The van der Waals surface area contributed by atoms with Crippen molar-refractivity contribution in [2.75, 3.05) is 0 Å². The molecule has 0 spiro atoms. The van der Waals surface area contributed by atoms with Crippen molar-refractivity contribution >= 4 is 11.1 Å². The average Bonchev–Trinajstić information content (AvgIpc) is 2.12. The first-order valence-electron chi connectivity index (χ1n) is 1.67. The third-order valence-corrected chi connectivity index (χ3v) is 1.03. The third kappa shape index (κ3) is 0.903. The Labute approximate surface area is 46.9 Å². The van der Waals surface area contributed by atoms with Gasteiger partial charge in [0.1, 0.15) is 6.20 Å². The van der Waals surface area contributed by atoms with E-state index in [-0.39, 0.29) is 5.03 Å². The van der Waals surface area contributed by atoms with Crippen molar-refractivity contribution in [2.45, 2.75) is 5.03 Å². The molecule has 0 bridgehead atoms. The van der Waals surface area contributed by atoms with Crippen LogP contribution in [0.2, 0.25) is 0 Å². The molecule has 0 radical (unpaired) electrons. The van der Waals surface area contributed by atoms with E-state index in [0.29, 0.717) is 0 Å². The third-order valence-electron chi connectivity index (χ3n) is 0.512. The van der Waals surface area contributed by atoms with E-state index in [1.807, 2.05) is 0 Å². The van der Waals surface area contributed by atoms with Crippen molar-refractivity contribution in [3.8, 4) is 0 Å². The highest BCUT2D eigenvalue weighted by atomic mass is 32.2. The molecule has 0 aliphatic rings. The molecule has 8 heavy (non-hydrogen) atoms. The van der Waals surface area contributed by atoms with Crippen LogP contribution >= 0.6 is 0 Å². The van der Waals surface area contributed by atoms with Crippen LogP contribution < -0.4 is 0 Å². The summed E-state index contributed by atoms with van der Waals surface area (Å²) < 4.78 is 23.8. The molecule has 0 saturated heterocycles. The number of rotatable bonds is 1. The summed E-state index contributed by atoms with van der Waals surface area (Å²) in [6.07, 6.45) is 1.02. The van der Waals surface area contributed by atoms with Gasteiger partial charge >= 0.3 is 0 Å². The largest absolute Gasteiger partial charge is 0.767 e. The Kier molecular flexibility index (Phi) is 1.36. The van der Waals surface area contributed by atoms with Gasteiger partial charge < -0.3 is 4.55 Å². The van der Waals surface area contributed by atoms with Gasteiger partial charge in [0.15, 0.2) is 5.03 Å². The molecule has 1 atom stereocenters. The second-order valence-corrected chi connectivity index (χ2v) is 1.87. The average molecular weight is 133 g/mol. The monoisotopic (exact) mass is 133 g/mol. The van der Waals surface area contributed by atoms with E-state index in [1.165, 1.54) is 0 Å². The predicted octanol–water partition coefficient (Wildman–Crippen LogP) is -0.692. The minimum atomic E-state index is -2.32. The molecule has 0 aliphatic carbocycles. The lowest BCUT2D eigenvalue weighted by molar-refractivity contribution is 0.297. The molecule has 44 valence electrons. The van der Waals surface area contributed by atoms with Crippen LogP contribution in [0.25, 0.3) is 0 Å². The minimum absolute atomic E-state index is 0.176. The van der Waals surface area contributed by atoms with Crippen molar-refractivity contribution in [2.24, 2.45) is 0 Å². The second-order valence-electron chi connectivity index (χ2n) is 0.980. The zero-order chi connectivity index (χ0) is 5.98. The fourth-order valence-electron chi connectivity index (χ4n) is 0.229. The summed E-state index contributed by atoms with van der Waals surface area (Å²) in [6, 6.07) is 0. The van der Waals surface area contributed by atoms with Crippen LogP contribution in [0.15, 0.2) is 15.9 Å². The zero-order valence-corrected chi connectivity index (χ0v) is 4.42. The molecular weight excluding hydrogens is 132 g/mol. The van der Waals surface area contributed by atoms with Crippen molar-refractivity contribution in [3.63, 3.8) is 0 Å². The van der Waals surface area contributed by atoms with Crippen LogP contribution in [0.1, 0.15) is 0 Å². The first-order valence-corrected chi connectivity index (χ1v) is 2.75. The van der Waals surface area contributed by atoms with Gasteiger partial charge in [-0.05, 0) is 5.16 Å². The predicted molar refractivity (Wildman–Crippen MR) is 21.5 cm³/mol. The first-order chi connectivity index (χ1) is 3.80. The number of hydrogen-bond donors (Lipinski definition) is 0. The molecule has 0 fully saturated rings. The van der Waals surface area contributed by atoms with Crippen LogP contribution in [-0.2, 0) is 11.1 Å². The summed E-state index contributed by atoms with van der Waals surface area (Å²) in [7, 11) is 0. The molecule has 0 N–H and O–H groups in total. The fourth-order valence-corrected chi connectivity index (χ4v) is 0.453. The van der Waals surface area contributed by atoms with Crippen molar-refractivity contribution < 1.29 is 13.4 Å². The van der Waals surface area contributed by atoms with E-state index in [4.69, 9.17) is 0 Å². The van der Waals surface area contributed by atoms with Crippen molar-refractivity contribution in [1.82, 2.24) is 10.3 Å². The molecule has 1 aromatic heterocycles. The smallest absolute Gasteiger partial charge is 0.177 e. The fraction of sp³-hybridized carbons (Fsp3) is 0. The van der Waals surface area contributed by atoms with Crippen LogP contribution in [0, 0.1) is 0 Å². The summed E-state index contributed by atoms with van der Waals surface area (Å²) in [5, 5.41) is 5.91. The van der Waals surface area contributed by atoms with Gasteiger partial charge in [0.2, 0.25) is 0 Å². The lowest BCUT2D eigenvalue weighted by atomic mass is 11.0. The zero-order valence-electron chi connectivity index (χ0n) is 3.60. The highest BCUT2D eigenvalue weighted by Crippen LogP contribution is 1.93. The van der Waals surface area contributed by atoms with Crippen LogP contribution in [-0.4, -0.2) is 19.1 Å². The van der Waals surface area contributed by atoms with Gasteiger partial charge in [-0.25, -0.2) is 4.63 Å².